The van der Waals surface area contributed by atoms with Crippen molar-refractivity contribution in [2.75, 3.05) is 10.6 Å². The number of anilines is 2. The molecule has 0 fully saturated rings. The third-order valence-electron chi connectivity index (χ3n) is 4.46. The monoisotopic (exact) mass is 408 g/mol. The molecule has 0 atom stereocenters. The highest BCUT2D eigenvalue weighted by atomic mass is 16.5. The van der Waals surface area contributed by atoms with E-state index in [1.807, 2.05) is 20.8 Å². The molecule has 8 nitrogen and oxygen atoms in total. The van der Waals surface area contributed by atoms with Crippen molar-refractivity contribution in [1.29, 1.82) is 0 Å². The van der Waals surface area contributed by atoms with Crippen LogP contribution in [0.5, 0.6) is 0 Å². The first-order valence-corrected chi connectivity index (χ1v) is 9.48. The Kier molecular flexibility index (Phi) is 5.86. The van der Waals surface area contributed by atoms with Crippen LogP contribution in [0.4, 0.5) is 16.3 Å². The fourth-order valence-electron chi connectivity index (χ4n) is 2.71. The van der Waals surface area contributed by atoms with E-state index in [0.29, 0.717) is 28.5 Å². The second-order valence-corrected chi connectivity index (χ2v) is 8.06. The van der Waals surface area contributed by atoms with Gasteiger partial charge >= 0.3 is 6.03 Å². The molecule has 30 heavy (non-hydrogen) atoms. The van der Waals surface area contributed by atoms with Gasteiger partial charge in [0.2, 0.25) is 0 Å². The maximum absolute atomic E-state index is 12.4. The maximum Gasteiger partial charge on any atom is 0.324 e. The van der Waals surface area contributed by atoms with Crippen LogP contribution in [-0.4, -0.2) is 27.7 Å². The van der Waals surface area contributed by atoms with E-state index < -0.39 is 6.03 Å². The lowest BCUT2D eigenvalue weighted by atomic mass is 9.93. The lowest BCUT2D eigenvalue weighted by Crippen LogP contribution is -2.19. The van der Waals surface area contributed by atoms with E-state index in [1.165, 1.54) is 13.1 Å². The van der Waals surface area contributed by atoms with Gasteiger partial charge in [-0.1, -0.05) is 38.1 Å². The zero-order valence-corrected chi connectivity index (χ0v) is 17.3. The molecule has 1 aromatic carbocycles. The van der Waals surface area contributed by atoms with E-state index in [4.69, 9.17) is 4.52 Å². The van der Waals surface area contributed by atoms with Crippen LogP contribution in [0.25, 0.3) is 0 Å². The molecule has 8 heteroatoms. The van der Waals surface area contributed by atoms with Gasteiger partial charge in [0.1, 0.15) is 5.76 Å². The number of Topliss-reactive ketones (excluding diaryl/α,β-unsaturated/α-hetero) is 2. The Morgan fingerprint density at radius 2 is 1.77 bits per heavy atom. The van der Waals surface area contributed by atoms with Crippen molar-refractivity contribution in [2.24, 2.45) is 0 Å². The van der Waals surface area contributed by atoms with Gasteiger partial charge in [-0.3, -0.25) is 14.9 Å². The Bertz CT molecular complexity index is 1070. The first-order chi connectivity index (χ1) is 14.1. The molecule has 156 valence electrons. The molecule has 3 rings (SSSR count). The Morgan fingerprint density at radius 1 is 1.07 bits per heavy atom. The number of urea groups is 1. The minimum atomic E-state index is -0.448. The predicted octanol–water partition coefficient (Wildman–Crippen LogP) is 4.57. The third kappa shape index (κ3) is 5.22. The molecule has 0 unspecified atom stereocenters. The van der Waals surface area contributed by atoms with Gasteiger partial charge in [-0.05, 0) is 30.7 Å². The summed E-state index contributed by atoms with van der Waals surface area (Å²) in [6.45, 7) is 7.41. The predicted molar refractivity (Wildman–Crippen MR) is 113 cm³/mol. The van der Waals surface area contributed by atoms with Crippen molar-refractivity contribution < 1.29 is 18.9 Å². The Hall–Kier alpha value is -3.68. The summed E-state index contributed by atoms with van der Waals surface area (Å²) < 4.78 is 5.24. The number of H-pyrrole nitrogens is 1. The standard InChI is InChI=1S/C22H24N4O4/c1-13(27)15-10-17(23-12-15)18(28)9-14-5-7-16(8-6-14)24-21(29)25-20-11-19(30-26-20)22(2,3)4/h5-8,10-12,23H,9H2,1-4H3,(H2,24,25,26,29). The Labute approximate surface area is 174 Å². The molecule has 0 aliphatic carbocycles. The summed E-state index contributed by atoms with van der Waals surface area (Å²) in [6.07, 6.45) is 1.71. The topological polar surface area (TPSA) is 117 Å². The van der Waals surface area contributed by atoms with Gasteiger partial charge in [0.15, 0.2) is 17.4 Å². The molecule has 0 aliphatic rings. The van der Waals surface area contributed by atoms with Crippen LogP contribution in [0.2, 0.25) is 0 Å². The summed E-state index contributed by atoms with van der Waals surface area (Å²) in [5.74, 6) is 0.778. The number of hydrogen-bond donors (Lipinski definition) is 3. The van der Waals surface area contributed by atoms with Crippen LogP contribution in [0.15, 0.2) is 47.1 Å². The van der Waals surface area contributed by atoms with E-state index in [2.05, 4.69) is 20.8 Å². The van der Waals surface area contributed by atoms with Crippen LogP contribution in [0, 0.1) is 0 Å². The normalized spacial score (nSPS) is 11.2. The van der Waals surface area contributed by atoms with E-state index in [1.54, 1.807) is 36.4 Å². The molecule has 0 saturated heterocycles. The number of carbonyl (C=O) groups is 3. The van der Waals surface area contributed by atoms with E-state index >= 15 is 0 Å². The minimum Gasteiger partial charge on any atom is -0.359 e. The first kappa shape index (κ1) is 21.0. The smallest absolute Gasteiger partial charge is 0.324 e. The summed E-state index contributed by atoms with van der Waals surface area (Å²) in [6, 6.07) is 9.73. The number of aromatic nitrogens is 2. The second kappa shape index (κ2) is 8.36. The Balaban J connectivity index is 1.56. The van der Waals surface area contributed by atoms with Crippen LogP contribution in [0.3, 0.4) is 0 Å². The molecule has 2 aromatic heterocycles. The van der Waals surface area contributed by atoms with Gasteiger partial charge in [0.05, 0.1) is 5.69 Å². The molecular formula is C22H24N4O4. The van der Waals surface area contributed by atoms with Crippen LogP contribution >= 0.6 is 0 Å². The molecule has 2 amide bonds. The summed E-state index contributed by atoms with van der Waals surface area (Å²) in [4.78, 5) is 38.7. The van der Waals surface area contributed by atoms with E-state index in [0.717, 1.165) is 5.56 Å². The highest BCUT2D eigenvalue weighted by molar-refractivity contribution is 6.01. The number of nitrogens with zero attached hydrogens (tertiary/aromatic N) is 1. The van der Waals surface area contributed by atoms with E-state index in [-0.39, 0.29) is 23.4 Å². The molecule has 3 aromatic rings. The first-order valence-electron chi connectivity index (χ1n) is 9.48. The van der Waals surface area contributed by atoms with Crippen LogP contribution < -0.4 is 10.6 Å². The average Bonchev–Trinajstić information content (AvgIpc) is 3.32. The number of hydrogen-bond acceptors (Lipinski definition) is 5. The number of benzene rings is 1. The second-order valence-electron chi connectivity index (χ2n) is 8.06. The lowest BCUT2D eigenvalue weighted by Gasteiger charge is -2.12. The SMILES string of the molecule is CC(=O)c1c[nH]c(C(=O)Cc2ccc(NC(=O)Nc3cc(C(C)(C)C)on3)cc2)c1. The van der Waals surface area contributed by atoms with Gasteiger partial charge < -0.3 is 14.8 Å². The van der Waals surface area contributed by atoms with Crippen molar-refractivity contribution in [3.63, 3.8) is 0 Å². The van der Waals surface area contributed by atoms with Gasteiger partial charge in [-0.25, -0.2) is 4.79 Å². The highest BCUT2D eigenvalue weighted by Gasteiger charge is 2.20. The summed E-state index contributed by atoms with van der Waals surface area (Å²) in [5, 5.41) is 9.17. The number of ketones is 2. The number of aromatic amines is 1. The molecule has 2 heterocycles. The van der Waals surface area contributed by atoms with Crippen molar-refractivity contribution in [3.05, 3.63) is 65.2 Å². The molecule has 0 bridgehead atoms. The number of carbonyl (C=O) groups excluding carboxylic acids is 3. The molecule has 0 radical (unpaired) electrons. The molecule has 0 aliphatic heterocycles. The lowest BCUT2D eigenvalue weighted by molar-refractivity contribution is 0.0988. The quantitative estimate of drug-likeness (QED) is 0.516. The van der Waals surface area contributed by atoms with E-state index in [9.17, 15) is 14.4 Å². The molecule has 3 N–H and O–H groups in total. The van der Waals surface area contributed by atoms with Crippen molar-refractivity contribution in [1.82, 2.24) is 10.1 Å². The number of nitrogens with one attached hydrogen (secondary N) is 3. The number of rotatable bonds is 6. The maximum atomic E-state index is 12.4. The fourth-order valence-corrected chi connectivity index (χ4v) is 2.71. The van der Waals surface area contributed by atoms with Crippen LogP contribution in [-0.2, 0) is 11.8 Å². The van der Waals surface area contributed by atoms with Crippen molar-refractivity contribution >= 4 is 29.1 Å². The summed E-state index contributed by atoms with van der Waals surface area (Å²) >= 11 is 0. The molecular weight excluding hydrogens is 384 g/mol. The minimum absolute atomic E-state index is 0.0979. The average molecular weight is 408 g/mol. The van der Waals surface area contributed by atoms with Crippen LogP contribution in [0.1, 0.15) is 59.9 Å². The highest BCUT2D eigenvalue weighted by Crippen LogP contribution is 2.24. The Morgan fingerprint density at radius 3 is 2.33 bits per heavy atom. The summed E-state index contributed by atoms with van der Waals surface area (Å²) in [5.41, 5.74) is 2.03. The largest absolute Gasteiger partial charge is 0.359 e. The molecule has 0 spiro atoms. The van der Waals surface area contributed by atoms with Crippen molar-refractivity contribution in [2.45, 2.75) is 39.5 Å². The van der Waals surface area contributed by atoms with Gasteiger partial charge in [0, 0.05) is 35.3 Å². The fraction of sp³-hybridized carbons (Fsp3) is 0.273. The van der Waals surface area contributed by atoms with Gasteiger partial charge in [-0.2, -0.15) is 0 Å². The third-order valence-corrected chi connectivity index (χ3v) is 4.46. The van der Waals surface area contributed by atoms with Gasteiger partial charge in [0.25, 0.3) is 0 Å². The zero-order chi connectivity index (χ0) is 21.9. The van der Waals surface area contributed by atoms with Gasteiger partial charge in [-0.15, -0.1) is 0 Å². The van der Waals surface area contributed by atoms with Crippen molar-refractivity contribution in [3.8, 4) is 0 Å². The molecule has 0 saturated carbocycles. The zero-order valence-electron chi connectivity index (χ0n) is 17.3. The number of amides is 2. The summed E-state index contributed by atoms with van der Waals surface area (Å²) in [7, 11) is 0.